The lowest BCUT2D eigenvalue weighted by molar-refractivity contribution is -0.123. The second-order valence-electron chi connectivity index (χ2n) is 5.88. The summed E-state index contributed by atoms with van der Waals surface area (Å²) in [4.78, 5) is 24.9. The van der Waals surface area contributed by atoms with Crippen molar-refractivity contribution >= 4 is 49.1 Å². The highest BCUT2D eigenvalue weighted by atomic mass is 35.5. The van der Waals surface area contributed by atoms with Gasteiger partial charge in [-0.1, -0.05) is 0 Å². The number of amides is 1. The molecular formula is C16H31Cl3N6O2. The van der Waals surface area contributed by atoms with Crippen molar-refractivity contribution in [2.75, 3.05) is 57.8 Å². The van der Waals surface area contributed by atoms with Gasteiger partial charge in [0.05, 0.1) is 12.5 Å². The van der Waals surface area contributed by atoms with Gasteiger partial charge in [-0.05, 0) is 19.0 Å². The molecule has 1 aromatic heterocycles. The smallest absolute Gasteiger partial charge is 0.225 e. The lowest BCUT2D eigenvalue weighted by Gasteiger charge is -2.34. The van der Waals surface area contributed by atoms with E-state index in [9.17, 15) is 4.79 Å². The van der Waals surface area contributed by atoms with Crippen LogP contribution in [0.5, 0.6) is 0 Å². The summed E-state index contributed by atoms with van der Waals surface area (Å²) in [6.07, 6.45) is 4.61. The number of anilines is 1. The Morgan fingerprint density at radius 2 is 1.85 bits per heavy atom. The molecule has 1 aliphatic rings. The average Bonchev–Trinajstić information content (AvgIpc) is 2.64. The summed E-state index contributed by atoms with van der Waals surface area (Å²) in [5.74, 6) is 0.801. The van der Waals surface area contributed by atoms with Crippen molar-refractivity contribution in [3.8, 4) is 0 Å². The van der Waals surface area contributed by atoms with Crippen molar-refractivity contribution in [2.24, 2.45) is 5.73 Å². The number of carbonyl (C=O) groups excluding carboxylic acids is 1. The van der Waals surface area contributed by atoms with Crippen molar-refractivity contribution in [3.63, 3.8) is 0 Å². The summed E-state index contributed by atoms with van der Waals surface area (Å²) in [6, 6.07) is 1.83. The van der Waals surface area contributed by atoms with E-state index in [2.05, 4.69) is 25.1 Å². The van der Waals surface area contributed by atoms with Crippen LogP contribution in [0.4, 0.5) is 5.95 Å². The Labute approximate surface area is 179 Å². The molecule has 2 rings (SSSR count). The van der Waals surface area contributed by atoms with Gasteiger partial charge in [0, 0.05) is 58.8 Å². The second kappa shape index (κ2) is 16.1. The highest BCUT2D eigenvalue weighted by Gasteiger charge is 2.18. The fourth-order valence-corrected chi connectivity index (χ4v) is 2.70. The van der Waals surface area contributed by atoms with Crippen LogP contribution >= 0.6 is 37.2 Å². The molecule has 0 spiro atoms. The van der Waals surface area contributed by atoms with E-state index in [4.69, 9.17) is 10.5 Å². The standard InChI is InChI=1S/C16H28N6O2.3ClH/c1-24-14(13-17)12-15(23)18-6-3-7-21-8-10-22(11-9-21)16-19-4-2-5-20-16;;;/h2,4-5,14H,3,6-13,17H2,1H3,(H,18,23);3*1H. The zero-order valence-electron chi connectivity index (χ0n) is 15.6. The zero-order valence-corrected chi connectivity index (χ0v) is 18.0. The van der Waals surface area contributed by atoms with Crippen molar-refractivity contribution in [3.05, 3.63) is 18.5 Å². The number of ether oxygens (including phenoxy) is 1. The second-order valence-corrected chi connectivity index (χ2v) is 5.88. The van der Waals surface area contributed by atoms with Crippen LogP contribution in [0.25, 0.3) is 0 Å². The molecule has 1 aromatic rings. The quantitative estimate of drug-likeness (QED) is 0.541. The molecule has 11 heteroatoms. The minimum absolute atomic E-state index is 0. The number of carbonyl (C=O) groups is 1. The van der Waals surface area contributed by atoms with Crippen molar-refractivity contribution in [2.45, 2.75) is 18.9 Å². The number of nitrogens with two attached hydrogens (primary N) is 1. The van der Waals surface area contributed by atoms with Gasteiger partial charge in [-0.3, -0.25) is 9.69 Å². The summed E-state index contributed by atoms with van der Waals surface area (Å²) < 4.78 is 5.11. The summed E-state index contributed by atoms with van der Waals surface area (Å²) in [7, 11) is 1.57. The normalized spacial score (nSPS) is 15.0. The zero-order chi connectivity index (χ0) is 17.2. The summed E-state index contributed by atoms with van der Waals surface area (Å²) >= 11 is 0. The largest absolute Gasteiger partial charge is 0.380 e. The Morgan fingerprint density at radius 1 is 1.22 bits per heavy atom. The Kier molecular flexibility index (Phi) is 16.9. The molecule has 1 aliphatic heterocycles. The average molecular weight is 446 g/mol. The van der Waals surface area contributed by atoms with Crippen LogP contribution in [0.1, 0.15) is 12.8 Å². The number of methoxy groups -OCH3 is 1. The number of hydrogen-bond donors (Lipinski definition) is 2. The van der Waals surface area contributed by atoms with Crippen LogP contribution in [-0.2, 0) is 9.53 Å². The highest BCUT2D eigenvalue weighted by Crippen LogP contribution is 2.09. The van der Waals surface area contributed by atoms with E-state index in [-0.39, 0.29) is 49.2 Å². The first-order valence-electron chi connectivity index (χ1n) is 8.46. The number of rotatable bonds is 9. The van der Waals surface area contributed by atoms with E-state index in [1.165, 1.54) is 0 Å². The maximum Gasteiger partial charge on any atom is 0.225 e. The summed E-state index contributed by atoms with van der Waals surface area (Å²) in [5, 5.41) is 2.92. The fraction of sp³-hybridized carbons (Fsp3) is 0.688. The van der Waals surface area contributed by atoms with E-state index >= 15 is 0 Å². The molecule has 1 unspecified atom stereocenters. The predicted octanol–water partition coefficient (Wildman–Crippen LogP) is 0.734. The minimum Gasteiger partial charge on any atom is -0.380 e. The van der Waals surface area contributed by atoms with E-state index in [0.717, 1.165) is 45.1 Å². The maximum absolute atomic E-state index is 11.7. The number of hydrogen-bond acceptors (Lipinski definition) is 7. The number of nitrogens with zero attached hydrogens (tertiary/aromatic N) is 4. The molecule has 2 heterocycles. The Morgan fingerprint density at radius 3 is 2.41 bits per heavy atom. The minimum atomic E-state index is -0.196. The van der Waals surface area contributed by atoms with Gasteiger partial charge < -0.3 is 20.7 Å². The summed E-state index contributed by atoms with van der Waals surface area (Å²) in [6.45, 7) is 5.87. The first kappa shape index (κ1) is 28.3. The highest BCUT2D eigenvalue weighted by molar-refractivity contribution is 5.86. The molecule has 0 saturated carbocycles. The molecule has 3 N–H and O–H groups in total. The molecule has 1 atom stereocenters. The van der Waals surface area contributed by atoms with Crippen molar-refractivity contribution < 1.29 is 9.53 Å². The molecule has 1 amide bonds. The van der Waals surface area contributed by atoms with E-state index in [0.29, 0.717) is 19.5 Å². The lowest BCUT2D eigenvalue weighted by Crippen LogP contribution is -2.47. The van der Waals surface area contributed by atoms with Crippen LogP contribution in [0.15, 0.2) is 18.5 Å². The molecule has 1 saturated heterocycles. The number of aromatic nitrogens is 2. The maximum atomic E-state index is 11.7. The monoisotopic (exact) mass is 444 g/mol. The Hall–Kier alpha value is -0.900. The van der Waals surface area contributed by atoms with Crippen molar-refractivity contribution in [1.82, 2.24) is 20.2 Å². The molecule has 0 aromatic carbocycles. The first-order valence-corrected chi connectivity index (χ1v) is 8.46. The third-order valence-corrected chi connectivity index (χ3v) is 4.19. The molecule has 27 heavy (non-hydrogen) atoms. The first-order chi connectivity index (χ1) is 11.7. The SMILES string of the molecule is COC(CN)CC(=O)NCCCN1CCN(c2ncccn2)CC1.Cl.Cl.Cl. The molecule has 158 valence electrons. The predicted molar refractivity (Wildman–Crippen MR) is 115 cm³/mol. The fourth-order valence-electron chi connectivity index (χ4n) is 2.70. The van der Waals surface area contributed by atoms with Crippen LogP contribution in [0, 0.1) is 0 Å². The topological polar surface area (TPSA) is 96.6 Å². The van der Waals surface area contributed by atoms with Gasteiger partial charge in [-0.15, -0.1) is 37.2 Å². The van der Waals surface area contributed by atoms with Gasteiger partial charge in [0.2, 0.25) is 11.9 Å². The van der Waals surface area contributed by atoms with Gasteiger partial charge >= 0.3 is 0 Å². The lowest BCUT2D eigenvalue weighted by atomic mass is 10.2. The van der Waals surface area contributed by atoms with E-state index < -0.39 is 0 Å². The molecule has 1 fully saturated rings. The van der Waals surface area contributed by atoms with Crippen LogP contribution in [0.3, 0.4) is 0 Å². The molecule has 8 nitrogen and oxygen atoms in total. The van der Waals surface area contributed by atoms with Crippen LogP contribution in [-0.4, -0.2) is 79.8 Å². The Bertz CT molecular complexity index is 488. The van der Waals surface area contributed by atoms with E-state index in [1.54, 1.807) is 19.5 Å². The number of halogens is 3. The van der Waals surface area contributed by atoms with Gasteiger partial charge in [0.25, 0.3) is 0 Å². The van der Waals surface area contributed by atoms with Gasteiger partial charge in [0.1, 0.15) is 0 Å². The van der Waals surface area contributed by atoms with Gasteiger partial charge in [-0.2, -0.15) is 0 Å². The molecule has 0 bridgehead atoms. The number of nitrogens with one attached hydrogen (secondary N) is 1. The summed E-state index contributed by atoms with van der Waals surface area (Å²) in [5.41, 5.74) is 5.51. The van der Waals surface area contributed by atoms with Crippen LogP contribution < -0.4 is 16.0 Å². The van der Waals surface area contributed by atoms with E-state index in [1.807, 2.05) is 6.07 Å². The molecule has 0 aliphatic carbocycles. The van der Waals surface area contributed by atoms with Gasteiger partial charge in [0.15, 0.2) is 0 Å². The number of piperazine rings is 1. The third-order valence-electron chi connectivity index (χ3n) is 4.19. The third kappa shape index (κ3) is 10.3. The molecule has 0 radical (unpaired) electrons. The van der Waals surface area contributed by atoms with Crippen LogP contribution in [0.2, 0.25) is 0 Å². The van der Waals surface area contributed by atoms with Crippen molar-refractivity contribution in [1.29, 1.82) is 0 Å². The Balaban J connectivity index is 0. The van der Waals surface area contributed by atoms with Gasteiger partial charge in [-0.25, -0.2) is 9.97 Å². The molecular weight excluding hydrogens is 415 g/mol.